The highest BCUT2D eigenvalue weighted by Crippen LogP contribution is 2.10. The maximum atomic E-state index is 12.3. The predicted molar refractivity (Wildman–Crippen MR) is 91.3 cm³/mol. The Labute approximate surface area is 141 Å². The Balaban J connectivity index is 1.96. The highest BCUT2D eigenvalue weighted by atomic mass is 35.5. The molecule has 23 heavy (non-hydrogen) atoms. The molecule has 0 heterocycles. The monoisotopic (exact) mass is 328 g/mol. The van der Waals surface area contributed by atoms with Gasteiger partial charge < -0.3 is 10.2 Å². The largest absolute Gasteiger partial charge is 0.324 e. The van der Waals surface area contributed by atoms with E-state index in [-0.39, 0.29) is 11.9 Å². The van der Waals surface area contributed by atoms with Gasteiger partial charge in [0, 0.05) is 16.3 Å². The number of rotatable bonds is 5. The number of likely N-dealkylation sites (N-methyl/N-ethyl adjacent to an activating group) is 1. The number of hydrogen-bond donors (Lipinski definition) is 2. The van der Waals surface area contributed by atoms with Crippen molar-refractivity contribution in [2.75, 3.05) is 12.4 Å². The minimum atomic E-state index is -0.218. The molecule has 0 fully saturated rings. The van der Waals surface area contributed by atoms with Crippen molar-refractivity contribution in [3.8, 4) is 6.07 Å². The van der Waals surface area contributed by atoms with Gasteiger partial charge in [0.2, 0.25) is 0 Å². The maximum Gasteiger partial charge on any atom is 0.282 e. The molecule has 2 aromatic rings. The molecule has 1 unspecified atom stereocenters. The van der Waals surface area contributed by atoms with E-state index in [9.17, 15) is 4.79 Å². The Hall–Kier alpha value is -2.35. The molecule has 2 aromatic carbocycles. The molecule has 0 saturated heterocycles. The van der Waals surface area contributed by atoms with Gasteiger partial charge in [0.1, 0.15) is 6.54 Å². The van der Waals surface area contributed by atoms with E-state index >= 15 is 0 Å². The van der Waals surface area contributed by atoms with Gasteiger partial charge in [-0.2, -0.15) is 5.26 Å². The summed E-state index contributed by atoms with van der Waals surface area (Å²) in [5.74, 6) is -0.0609. The fourth-order valence-corrected chi connectivity index (χ4v) is 2.44. The molecule has 4 nitrogen and oxygen atoms in total. The minimum absolute atomic E-state index is 0.0609. The summed E-state index contributed by atoms with van der Waals surface area (Å²) in [5.41, 5.74) is 2.35. The SMILES string of the molecule is C[C@H](C(=O)Nc1ccc(C#N)cc1)[NH+](C)Cc1cccc(Cl)c1. The highest BCUT2D eigenvalue weighted by Gasteiger charge is 2.22. The third-order valence-electron chi connectivity index (χ3n) is 3.79. The smallest absolute Gasteiger partial charge is 0.282 e. The average Bonchev–Trinajstić information content (AvgIpc) is 2.54. The molecule has 0 spiro atoms. The third-order valence-corrected chi connectivity index (χ3v) is 4.02. The van der Waals surface area contributed by atoms with E-state index in [1.54, 1.807) is 24.3 Å². The Kier molecular flexibility index (Phi) is 5.75. The van der Waals surface area contributed by atoms with Crippen molar-refractivity contribution >= 4 is 23.2 Å². The van der Waals surface area contributed by atoms with Crippen LogP contribution in [0.25, 0.3) is 0 Å². The average molecular weight is 329 g/mol. The molecule has 0 aliphatic heterocycles. The van der Waals surface area contributed by atoms with Crippen LogP contribution in [-0.2, 0) is 11.3 Å². The number of anilines is 1. The zero-order valence-corrected chi connectivity index (χ0v) is 13.9. The third kappa shape index (κ3) is 4.82. The lowest BCUT2D eigenvalue weighted by molar-refractivity contribution is -0.907. The number of carbonyl (C=O) groups excluding carboxylic acids is 1. The van der Waals surface area contributed by atoms with Crippen molar-refractivity contribution < 1.29 is 9.69 Å². The fraction of sp³-hybridized carbons (Fsp3) is 0.222. The number of nitriles is 1. The Morgan fingerprint density at radius 3 is 2.61 bits per heavy atom. The molecular formula is C18H19ClN3O+. The summed E-state index contributed by atoms with van der Waals surface area (Å²) in [5, 5.41) is 12.4. The molecule has 118 valence electrons. The van der Waals surface area contributed by atoms with Gasteiger partial charge in [-0.25, -0.2) is 0 Å². The van der Waals surface area contributed by atoms with Crippen LogP contribution in [0.3, 0.4) is 0 Å². The molecular weight excluding hydrogens is 310 g/mol. The normalized spacial score (nSPS) is 13.0. The van der Waals surface area contributed by atoms with Gasteiger partial charge >= 0.3 is 0 Å². The van der Waals surface area contributed by atoms with Gasteiger partial charge in [-0.1, -0.05) is 23.7 Å². The number of nitrogens with zero attached hydrogens (tertiary/aromatic N) is 1. The minimum Gasteiger partial charge on any atom is -0.324 e. The Morgan fingerprint density at radius 2 is 2.00 bits per heavy atom. The van der Waals surface area contributed by atoms with Gasteiger partial charge in [-0.15, -0.1) is 0 Å². The van der Waals surface area contributed by atoms with Crippen LogP contribution in [-0.4, -0.2) is 19.0 Å². The first-order valence-electron chi connectivity index (χ1n) is 7.37. The Morgan fingerprint density at radius 1 is 1.30 bits per heavy atom. The molecule has 2 N–H and O–H groups in total. The molecule has 0 radical (unpaired) electrons. The lowest BCUT2D eigenvalue weighted by atomic mass is 10.1. The van der Waals surface area contributed by atoms with Crippen molar-refractivity contribution in [1.82, 2.24) is 0 Å². The summed E-state index contributed by atoms with van der Waals surface area (Å²) in [7, 11) is 1.98. The van der Waals surface area contributed by atoms with Crippen molar-refractivity contribution in [3.63, 3.8) is 0 Å². The lowest BCUT2D eigenvalue weighted by Crippen LogP contribution is -3.12. The quantitative estimate of drug-likeness (QED) is 0.884. The Bertz CT molecular complexity index is 722. The van der Waals surface area contributed by atoms with Crippen LogP contribution < -0.4 is 10.2 Å². The summed E-state index contributed by atoms with van der Waals surface area (Å²) in [4.78, 5) is 13.4. The lowest BCUT2D eigenvalue weighted by Gasteiger charge is -2.21. The van der Waals surface area contributed by atoms with Gasteiger partial charge in [-0.3, -0.25) is 4.79 Å². The molecule has 5 heteroatoms. The molecule has 0 aliphatic rings. The van der Waals surface area contributed by atoms with Gasteiger partial charge in [-0.05, 0) is 43.3 Å². The van der Waals surface area contributed by atoms with E-state index in [4.69, 9.17) is 16.9 Å². The highest BCUT2D eigenvalue weighted by molar-refractivity contribution is 6.30. The number of carbonyl (C=O) groups is 1. The molecule has 0 bridgehead atoms. The molecule has 0 aromatic heterocycles. The van der Waals surface area contributed by atoms with Crippen LogP contribution in [0.1, 0.15) is 18.1 Å². The zero-order valence-electron chi connectivity index (χ0n) is 13.1. The summed E-state index contributed by atoms with van der Waals surface area (Å²) < 4.78 is 0. The number of halogens is 1. The molecule has 0 aliphatic carbocycles. The summed E-state index contributed by atoms with van der Waals surface area (Å²) in [6, 6.07) is 16.3. The first-order valence-corrected chi connectivity index (χ1v) is 7.75. The van der Waals surface area contributed by atoms with Gasteiger partial charge in [0.15, 0.2) is 6.04 Å². The van der Waals surface area contributed by atoms with E-state index < -0.39 is 0 Å². The second kappa shape index (κ2) is 7.77. The van der Waals surface area contributed by atoms with Crippen molar-refractivity contribution in [2.45, 2.75) is 19.5 Å². The summed E-state index contributed by atoms with van der Waals surface area (Å²) in [6.07, 6.45) is 0. The van der Waals surface area contributed by atoms with Crippen molar-refractivity contribution in [2.24, 2.45) is 0 Å². The number of amides is 1. The molecule has 2 atom stereocenters. The first kappa shape index (κ1) is 17.0. The van der Waals surface area contributed by atoms with Crippen LogP contribution in [0.5, 0.6) is 0 Å². The van der Waals surface area contributed by atoms with Crippen LogP contribution >= 0.6 is 11.6 Å². The number of nitrogens with one attached hydrogen (secondary N) is 2. The van der Waals surface area contributed by atoms with Crippen LogP contribution in [0.2, 0.25) is 5.02 Å². The summed E-state index contributed by atoms with van der Waals surface area (Å²) >= 11 is 5.99. The van der Waals surface area contributed by atoms with E-state index in [0.717, 1.165) is 10.5 Å². The van der Waals surface area contributed by atoms with Gasteiger partial charge in [0.25, 0.3) is 5.91 Å². The number of quaternary nitrogens is 1. The summed E-state index contributed by atoms with van der Waals surface area (Å²) in [6.45, 7) is 2.60. The van der Waals surface area contributed by atoms with Crippen LogP contribution in [0, 0.1) is 11.3 Å². The zero-order chi connectivity index (χ0) is 16.8. The van der Waals surface area contributed by atoms with Crippen molar-refractivity contribution in [1.29, 1.82) is 5.26 Å². The fourth-order valence-electron chi connectivity index (χ4n) is 2.22. The maximum absolute atomic E-state index is 12.3. The second-order valence-electron chi connectivity index (χ2n) is 5.55. The van der Waals surface area contributed by atoms with Crippen LogP contribution in [0.4, 0.5) is 5.69 Å². The molecule has 1 amide bonds. The predicted octanol–water partition coefficient (Wildman–Crippen LogP) is 2.25. The standard InChI is InChI=1S/C18H18ClN3O/c1-13(22(2)12-15-4-3-5-16(19)10-15)18(23)21-17-8-6-14(11-20)7-9-17/h3-10,13H,12H2,1-2H3,(H,21,23)/p+1/t13-/m1/s1. The van der Waals surface area contributed by atoms with E-state index in [0.29, 0.717) is 22.8 Å². The molecule has 2 rings (SSSR count). The first-order chi connectivity index (χ1) is 11.0. The topological polar surface area (TPSA) is 57.3 Å². The van der Waals surface area contributed by atoms with E-state index in [2.05, 4.69) is 11.4 Å². The van der Waals surface area contributed by atoms with Gasteiger partial charge in [0.05, 0.1) is 18.7 Å². The van der Waals surface area contributed by atoms with E-state index in [1.807, 2.05) is 38.2 Å². The second-order valence-corrected chi connectivity index (χ2v) is 5.99. The van der Waals surface area contributed by atoms with Crippen molar-refractivity contribution in [3.05, 3.63) is 64.7 Å². The molecule has 0 saturated carbocycles. The van der Waals surface area contributed by atoms with E-state index in [1.165, 1.54) is 0 Å². The number of benzene rings is 2. The van der Waals surface area contributed by atoms with Crippen LogP contribution in [0.15, 0.2) is 48.5 Å². The number of hydrogen-bond acceptors (Lipinski definition) is 2.